The number of hydrogen-bond acceptors (Lipinski definition) is 5. The molecule has 6 nitrogen and oxygen atoms in total. The number of nitrogens with one attached hydrogen (secondary N) is 1. The normalized spacial score (nSPS) is 16.2. The molecular formula is C21H24N2O4. The van der Waals surface area contributed by atoms with Gasteiger partial charge in [0.25, 0.3) is 5.91 Å². The van der Waals surface area contributed by atoms with Gasteiger partial charge in [0.2, 0.25) is 5.75 Å². The number of para-hydroxylation sites is 1. The Morgan fingerprint density at radius 3 is 2.74 bits per heavy atom. The summed E-state index contributed by atoms with van der Waals surface area (Å²) in [5.41, 5.74) is 2.44. The highest BCUT2D eigenvalue weighted by Gasteiger charge is 2.21. The van der Waals surface area contributed by atoms with Crippen molar-refractivity contribution >= 4 is 11.6 Å². The van der Waals surface area contributed by atoms with Crippen molar-refractivity contribution in [2.45, 2.75) is 19.4 Å². The molecule has 0 aromatic heterocycles. The second kappa shape index (κ2) is 7.88. The van der Waals surface area contributed by atoms with Crippen LogP contribution in [0.5, 0.6) is 17.2 Å². The van der Waals surface area contributed by atoms with Crippen LogP contribution in [0, 0.1) is 0 Å². The molecule has 2 aliphatic rings. The predicted molar refractivity (Wildman–Crippen MR) is 103 cm³/mol. The first-order valence-corrected chi connectivity index (χ1v) is 9.34. The first-order valence-electron chi connectivity index (χ1n) is 9.34. The number of hydrogen-bond donors (Lipinski definition) is 1. The van der Waals surface area contributed by atoms with Gasteiger partial charge >= 0.3 is 0 Å². The molecule has 1 N–H and O–H groups in total. The second-order valence-corrected chi connectivity index (χ2v) is 6.80. The SMILES string of the molecule is COc1cc(C(=O)Nc2ccccc2CN2CCCC2)cc2c1OCCO2. The molecule has 0 atom stereocenters. The van der Waals surface area contributed by atoms with E-state index in [4.69, 9.17) is 14.2 Å². The zero-order valence-electron chi connectivity index (χ0n) is 15.5. The third-order valence-electron chi connectivity index (χ3n) is 4.95. The highest BCUT2D eigenvalue weighted by Crippen LogP contribution is 2.40. The van der Waals surface area contributed by atoms with E-state index >= 15 is 0 Å². The van der Waals surface area contributed by atoms with Gasteiger partial charge in [-0.05, 0) is 49.7 Å². The van der Waals surface area contributed by atoms with E-state index in [9.17, 15) is 4.79 Å². The molecule has 2 aromatic carbocycles. The third kappa shape index (κ3) is 3.85. The van der Waals surface area contributed by atoms with Crippen LogP contribution in [0.15, 0.2) is 36.4 Å². The van der Waals surface area contributed by atoms with Gasteiger partial charge in [0.15, 0.2) is 11.5 Å². The highest BCUT2D eigenvalue weighted by molar-refractivity contribution is 6.05. The van der Waals surface area contributed by atoms with Crippen LogP contribution in [0.25, 0.3) is 0 Å². The summed E-state index contributed by atoms with van der Waals surface area (Å²) in [6.45, 7) is 4.00. The van der Waals surface area contributed by atoms with Crippen molar-refractivity contribution < 1.29 is 19.0 Å². The number of anilines is 1. The number of amides is 1. The largest absolute Gasteiger partial charge is 0.493 e. The van der Waals surface area contributed by atoms with E-state index in [1.165, 1.54) is 12.8 Å². The number of benzene rings is 2. The Bertz CT molecular complexity index is 814. The van der Waals surface area contributed by atoms with Gasteiger partial charge in [-0.1, -0.05) is 18.2 Å². The molecule has 142 valence electrons. The van der Waals surface area contributed by atoms with Crippen molar-refractivity contribution in [3.05, 3.63) is 47.5 Å². The molecule has 0 aliphatic carbocycles. The van der Waals surface area contributed by atoms with Gasteiger partial charge in [0.1, 0.15) is 13.2 Å². The number of likely N-dealkylation sites (tertiary alicyclic amines) is 1. The van der Waals surface area contributed by atoms with E-state index in [-0.39, 0.29) is 5.91 Å². The molecule has 1 saturated heterocycles. The minimum atomic E-state index is -0.195. The molecule has 1 fully saturated rings. The van der Waals surface area contributed by atoms with E-state index < -0.39 is 0 Å². The molecule has 2 heterocycles. The Morgan fingerprint density at radius 1 is 1.15 bits per heavy atom. The average Bonchev–Trinajstić information content (AvgIpc) is 3.21. The zero-order valence-corrected chi connectivity index (χ0v) is 15.5. The molecule has 0 saturated carbocycles. The number of fused-ring (bicyclic) bond motifs is 1. The molecule has 4 rings (SSSR count). The van der Waals surface area contributed by atoms with Gasteiger partial charge in [0.05, 0.1) is 7.11 Å². The highest BCUT2D eigenvalue weighted by atomic mass is 16.6. The summed E-state index contributed by atoms with van der Waals surface area (Å²) in [4.78, 5) is 15.3. The maximum absolute atomic E-state index is 12.9. The van der Waals surface area contributed by atoms with Crippen molar-refractivity contribution in [2.24, 2.45) is 0 Å². The van der Waals surface area contributed by atoms with Crippen molar-refractivity contribution in [3.8, 4) is 17.2 Å². The number of rotatable bonds is 5. The van der Waals surface area contributed by atoms with Crippen LogP contribution < -0.4 is 19.5 Å². The molecule has 1 amide bonds. The Balaban J connectivity index is 1.56. The van der Waals surface area contributed by atoms with E-state index in [1.54, 1.807) is 19.2 Å². The topological polar surface area (TPSA) is 60.0 Å². The number of carbonyl (C=O) groups excluding carboxylic acids is 1. The maximum Gasteiger partial charge on any atom is 0.255 e. The third-order valence-corrected chi connectivity index (χ3v) is 4.95. The van der Waals surface area contributed by atoms with Crippen LogP contribution in [-0.2, 0) is 6.54 Å². The van der Waals surface area contributed by atoms with E-state index in [0.29, 0.717) is 36.0 Å². The summed E-state index contributed by atoms with van der Waals surface area (Å²) in [6.07, 6.45) is 2.48. The zero-order chi connectivity index (χ0) is 18.6. The summed E-state index contributed by atoms with van der Waals surface area (Å²) in [5, 5.41) is 3.04. The monoisotopic (exact) mass is 368 g/mol. The molecule has 27 heavy (non-hydrogen) atoms. The fourth-order valence-corrected chi connectivity index (χ4v) is 3.56. The molecular weight excluding hydrogens is 344 g/mol. The number of nitrogens with zero attached hydrogens (tertiary/aromatic N) is 1. The molecule has 0 bridgehead atoms. The smallest absolute Gasteiger partial charge is 0.255 e. The quantitative estimate of drug-likeness (QED) is 0.877. The fraction of sp³-hybridized carbons (Fsp3) is 0.381. The molecule has 0 radical (unpaired) electrons. The van der Waals surface area contributed by atoms with Gasteiger partial charge in [-0.25, -0.2) is 0 Å². The lowest BCUT2D eigenvalue weighted by Crippen LogP contribution is -2.21. The molecule has 0 unspecified atom stereocenters. The first kappa shape index (κ1) is 17.7. The van der Waals surface area contributed by atoms with Crippen molar-refractivity contribution in [2.75, 3.05) is 38.7 Å². The van der Waals surface area contributed by atoms with Crippen LogP contribution in [0.2, 0.25) is 0 Å². The molecule has 6 heteroatoms. The summed E-state index contributed by atoms with van der Waals surface area (Å²) >= 11 is 0. The lowest BCUT2D eigenvalue weighted by Gasteiger charge is -2.21. The minimum absolute atomic E-state index is 0.195. The van der Waals surface area contributed by atoms with Gasteiger partial charge in [-0.3, -0.25) is 9.69 Å². The van der Waals surface area contributed by atoms with Gasteiger partial charge in [-0.2, -0.15) is 0 Å². The van der Waals surface area contributed by atoms with Crippen molar-refractivity contribution in [1.82, 2.24) is 4.90 Å². The number of ether oxygens (including phenoxy) is 3. The minimum Gasteiger partial charge on any atom is -0.493 e. The van der Waals surface area contributed by atoms with Crippen molar-refractivity contribution in [1.29, 1.82) is 0 Å². The standard InChI is InChI=1S/C21H24N2O4/c1-25-18-12-16(13-19-20(18)27-11-10-26-19)21(24)22-17-7-3-2-6-15(17)14-23-8-4-5-9-23/h2-3,6-7,12-13H,4-5,8-11,14H2,1H3,(H,22,24). The van der Waals surface area contributed by atoms with Gasteiger partial charge in [-0.15, -0.1) is 0 Å². The fourth-order valence-electron chi connectivity index (χ4n) is 3.56. The van der Waals surface area contributed by atoms with Crippen LogP contribution in [0.4, 0.5) is 5.69 Å². The maximum atomic E-state index is 12.9. The number of carbonyl (C=O) groups is 1. The van der Waals surface area contributed by atoms with E-state index in [1.807, 2.05) is 18.2 Å². The molecule has 0 spiro atoms. The van der Waals surface area contributed by atoms with E-state index in [0.717, 1.165) is 30.9 Å². The lowest BCUT2D eigenvalue weighted by molar-refractivity contribution is 0.102. The molecule has 2 aromatic rings. The predicted octanol–water partition coefficient (Wildman–Crippen LogP) is 3.31. The Kier molecular flexibility index (Phi) is 5.16. The summed E-state index contributed by atoms with van der Waals surface area (Å²) in [6, 6.07) is 11.3. The van der Waals surface area contributed by atoms with Gasteiger partial charge < -0.3 is 19.5 Å². The average molecular weight is 368 g/mol. The molecule has 2 aliphatic heterocycles. The van der Waals surface area contributed by atoms with Crippen LogP contribution in [-0.4, -0.2) is 44.2 Å². The lowest BCUT2D eigenvalue weighted by atomic mass is 10.1. The van der Waals surface area contributed by atoms with Crippen LogP contribution in [0.3, 0.4) is 0 Å². The first-order chi connectivity index (χ1) is 13.2. The Hall–Kier alpha value is -2.73. The Labute approximate surface area is 159 Å². The summed E-state index contributed by atoms with van der Waals surface area (Å²) in [5.74, 6) is 1.40. The van der Waals surface area contributed by atoms with Crippen molar-refractivity contribution in [3.63, 3.8) is 0 Å². The summed E-state index contributed by atoms with van der Waals surface area (Å²) < 4.78 is 16.6. The van der Waals surface area contributed by atoms with Crippen LogP contribution in [0.1, 0.15) is 28.8 Å². The van der Waals surface area contributed by atoms with E-state index in [2.05, 4.69) is 16.3 Å². The number of methoxy groups -OCH3 is 1. The van der Waals surface area contributed by atoms with Crippen LogP contribution >= 0.6 is 0 Å². The second-order valence-electron chi connectivity index (χ2n) is 6.80. The Morgan fingerprint density at radius 2 is 1.93 bits per heavy atom. The summed E-state index contributed by atoms with van der Waals surface area (Å²) in [7, 11) is 1.56. The van der Waals surface area contributed by atoms with Gasteiger partial charge in [0, 0.05) is 17.8 Å².